The molecule has 0 bridgehead atoms. The Kier molecular flexibility index (Phi) is 6.43. The van der Waals surface area contributed by atoms with Crippen molar-refractivity contribution in [3.05, 3.63) is 130 Å². The summed E-state index contributed by atoms with van der Waals surface area (Å²) in [4.78, 5) is 3.55. The number of rotatable bonds is 5. The third kappa shape index (κ3) is 4.07. The lowest BCUT2D eigenvalue weighted by Crippen LogP contribution is -2.25. The fourth-order valence-electron chi connectivity index (χ4n) is 4.13. The van der Waals surface area contributed by atoms with Gasteiger partial charge in [0.2, 0.25) is 5.82 Å². The Balaban J connectivity index is 1.92. The van der Waals surface area contributed by atoms with Gasteiger partial charge in [0, 0.05) is 22.8 Å². The summed E-state index contributed by atoms with van der Waals surface area (Å²) in [6, 6.07) is 22.3. The van der Waals surface area contributed by atoms with Gasteiger partial charge in [-0.15, -0.1) is 0 Å². The predicted molar refractivity (Wildman–Crippen MR) is 125 cm³/mol. The van der Waals surface area contributed by atoms with Gasteiger partial charge in [0.15, 0.2) is 23.3 Å². The summed E-state index contributed by atoms with van der Waals surface area (Å²) in [5.74, 6) is -10.8. The third-order valence-electron chi connectivity index (χ3n) is 6.19. The van der Waals surface area contributed by atoms with Gasteiger partial charge in [-0.25, -0.2) is 26.9 Å². The number of benzene rings is 4. The summed E-state index contributed by atoms with van der Waals surface area (Å²) in [6.07, 6.45) is 0.906. The van der Waals surface area contributed by atoms with Gasteiger partial charge in [-0.3, -0.25) is 0 Å². The monoisotopic (exact) mass is 481 g/mol. The summed E-state index contributed by atoms with van der Waals surface area (Å²) >= 11 is 0. The number of phenolic OH excluding ortho intramolecular Hbond substituents is 1. The third-order valence-corrected chi connectivity index (χ3v) is 6.19. The van der Waals surface area contributed by atoms with E-state index in [4.69, 9.17) is 0 Å². The summed E-state index contributed by atoms with van der Waals surface area (Å²) in [7, 11) is 0. The molecule has 0 saturated carbocycles. The van der Waals surface area contributed by atoms with Crippen molar-refractivity contribution in [1.82, 2.24) is 0 Å². The molecule has 0 aromatic heterocycles. The molecular weight excluding hydrogens is 461 g/mol. The van der Waals surface area contributed by atoms with Crippen LogP contribution in [-0.4, -0.2) is 11.3 Å². The fraction of sp³-hybridized carbons (Fsp3) is 0.107. The fourth-order valence-corrected chi connectivity index (χ4v) is 4.13. The van der Waals surface area contributed by atoms with Crippen LogP contribution in [0.15, 0.2) is 77.8 Å². The SMILES string of the molecule is Cc1ccc(C(C)(c2ccccc2)c2ccccc2)c(O)c1C=Nc1c(F)c(F)c(F)c(F)c1F. The number of halogens is 5. The average Bonchev–Trinajstić information content (AvgIpc) is 2.88. The summed E-state index contributed by atoms with van der Waals surface area (Å²) in [5, 5.41) is 11.3. The highest BCUT2D eigenvalue weighted by Gasteiger charge is 2.34. The molecule has 1 N–H and O–H groups in total. The van der Waals surface area contributed by atoms with E-state index in [2.05, 4.69) is 4.99 Å². The standard InChI is InChI=1S/C28H20F5NO/c1-16-13-14-20(28(2,17-9-5-3-6-10-17)18-11-7-4-8-12-18)27(35)19(16)15-34-26-24(32)22(30)21(29)23(31)25(26)33/h3-15,35H,1-2H3. The first-order valence-corrected chi connectivity index (χ1v) is 10.7. The molecule has 0 radical (unpaired) electrons. The first kappa shape index (κ1) is 24.1. The molecule has 0 spiro atoms. The molecule has 35 heavy (non-hydrogen) atoms. The largest absolute Gasteiger partial charge is 0.507 e. The zero-order chi connectivity index (χ0) is 25.3. The maximum absolute atomic E-state index is 14.1. The van der Waals surface area contributed by atoms with E-state index in [1.54, 1.807) is 19.1 Å². The zero-order valence-electron chi connectivity index (χ0n) is 18.8. The molecule has 0 atom stereocenters. The van der Waals surface area contributed by atoms with Crippen molar-refractivity contribution < 1.29 is 27.1 Å². The molecule has 0 aliphatic carbocycles. The van der Waals surface area contributed by atoms with Crippen LogP contribution >= 0.6 is 0 Å². The van der Waals surface area contributed by atoms with Crippen molar-refractivity contribution in [2.45, 2.75) is 19.3 Å². The maximum Gasteiger partial charge on any atom is 0.200 e. The van der Waals surface area contributed by atoms with E-state index in [1.165, 1.54) is 0 Å². The van der Waals surface area contributed by atoms with Crippen LogP contribution in [0.2, 0.25) is 0 Å². The molecule has 4 rings (SSSR count). The highest BCUT2D eigenvalue weighted by atomic mass is 19.2. The Morgan fingerprint density at radius 3 is 1.63 bits per heavy atom. The van der Waals surface area contributed by atoms with Crippen LogP contribution in [-0.2, 0) is 5.41 Å². The Hall–Kier alpha value is -4.00. The highest BCUT2D eigenvalue weighted by Crippen LogP contribution is 2.44. The van der Waals surface area contributed by atoms with E-state index in [9.17, 15) is 27.1 Å². The number of aliphatic imine (C=N–C) groups is 1. The van der Waals surface area contributed by atoms with Crippen LogP contribution in [0.5, 0.6) is 5.75 Å². The van der Waals surface area contributed by atoms with Crippen LogP contribution < -0.4 is 0 Å². The lowest BCUT2D eigenvalue weighted by atomic mass is 9.70. The number of aromatic hydroxyl groups is 1. The van der Waals surface area contributed by atoms with Crippen LogP contribution in [0.4, 0.5) is 27.6 Å². The van der Waals surface area contributed by atoms with Crippen molar-refractivity contribution in [2.75, 3.05) is 0 Å². The smallest absolute Gasteiger partial charge is 0.200 e. The molecule has 0 amide bonds. The van der Waals surface area contributed by atoms with Gasteiger partial charge in [-0.1, -0.05) is 72.8 Å². The molecular formula is C28H20F5NO. The van der Waals surface area contributed by atoms with Gasteiger partial charge >= 0.3 is 0 Å². The van der Waals surface area contributed by atoms with Gasteiger partial charge < -0.3 is 5.11 Å². The van der Waals surface area contributed by atoms with Crippen molar-refractivity contribution >= 4 is 11.9 Å². The number of hydrogen-bond donors (Lipinski definition) is 1. The van der Waals surface area contributed by atoms with E-state index in [1.807, 2.05) is 67.6 Å². The van der Waals surface area contributed by atoms with E-state index < -0.39 is 40.2 Å². The molecule has 178 valence electrons. The molecule has 0 unspecified atom stereocenters. The number of aryl methyl sites for hydroxylation is 1. The minimum absolute atomic E-state index is 0.0875. The van der Waals surface area contributed by atoms with E-state index in [0.717, 1.165) is 17.3 Å². The number of nitrogens with zero attached hydrogens (tertiary/aromatic N) is 1. The lowest BCUT2D eigenvalue weighted by molar-refractivity contribution is 0.381. The zero-order valence-corrected chi connectivity index (χ0v) is 18.8. The van der Waals surface area contributed by atoms with Crippen molar-refractivity contribution in [3.63, 3.8) is 0 Å². The first-order valence-electron chi connectivity index (χ1n) is 10.7. The second kappa shape index (κ2) is 9.33. The Morgan fingerprint density at radius 1 is 0.686 bits per heavy atom. The van der Waals surface area contributed by atoms with E-state index in [-0.39, 0.29) is 11.3 Å². The van der Waals surface area contributed by atoms with Gasteiger partial charge in [0.25, 0.3) is 0 Å². The molecule has 0 aliphatic heterocycles. The van der Waals surface area contributed by atoms with Crippen LogP contribution in [0.3, 0.4) is 0 Å². The molecule has 7 heteroatoms. The van der Waals surface area contributed by atoms with Crippen molar-refractivity contribution in [1.29, 1.82) is 0 Å². The second-order valence-electron chi connectivity index (χ2n) is 8.23. The minimum atomic E-state index is -2.26. The molecule has 4 aromatic carbocycles. The van der Waals surface area contributed by atoms with E-state index >= 15 is 0 Å². The van der Waals surface area contributed by atoms with E-state index in [0.29, 0.717) is 11.1 Å². The summed E-state index contributed by atoms with van der Waals surface area (Å²) < 4.78 is 68.8. The van der Waals surface area contributed by atoms with Gasteiger partial charge in [-0.05, 0) is 30.5 Å². The summed E-state index contributed by atoms with van der Waals surface area (Å²) in [5.41, 5.74) is 0.611. The molecule has 0 fully saturated rings. The number of hydrogen-bond acceptors (Lipinski definition) is 2. The highest BCUT2D eigenvalue weighted by molar-refractivity contribution is 5.88. The minimum Gasteiger partial charge on any atom is -0.507 e. The molecule has 4 aromatic rings. The molecule has 0 heterocycles. The van der Waals surface area contributed by atoms with Gasteiger partial charge in [-0.2, -0.15) is 0 Å². The van der Waals surface area contributed by atoms with Gasteiger partial charge in [0.05, 0.1) is 0 Å². The maximum atomic E-state index is 14.1. The van der Waals surface area contributed by atoms with Crippen molar-refractivity contribution in [3.8, 4) is 5.75 Å². The molecule has 2 nitrogen and oxygen atoms in total. The normalized spacial score (nSPS) is 11.9. The first-order chi connectivity index (χ1) is 16.7. The predicted octanol–water partition coefficient (Wildman–Crippen LogP) is 7.50. The molecule has 0 aliphatic rings. The van der Waals surface area contributed by atoms with Gasteiger partial charge in [0.1, 0.15) is 11.4 Å². The van der Waals surface area contributed by atoms with Crippen LogP contribution in [0.1, 0.15) is 34.7 Å². The summed E-state index contributed by atoms with van der Waals surface area (Å²) in [6.45, 7) is 3.55. The van der Waals surface area contributed by atoms with Crippen LogP contribution in [0, 0.1) is 36.0 Å². The number of phenols is 1. The second-order valence-corrected chi connectivity index (χ2v) is 8.23. The lowest BCUT2D eigenvalue weighted by Gasteiger charge is -2.33. The molecule has 0 saturated heterocycles. The quantitative estimate of drug-likeness (QED) is 0.103. The Labute approximate surface area is 199 Å². The van der Waals surface area contributed by atoms with Crippen LogP contribution in [0.25, 0.3) is 0 Å². The Morgan fingerprint density at radius 2 is 1.14 bits per heavy atom. The van der Waals surface area contributed by atoms with Crippen molar-refractivity contribution in [2.24, 2.45) is 4.99 Å². The topological polar surface area (TPSA) is 32.6 Å². The Bertz CT molecular complexity index is 1350. The average molecular weight is 481 g/mol.